The van der Waals surface area contributed by atoms with Crippen molar-refractivity contribution in [2.75, 3.05) is 39.3 Å². The molecule has 180 valence electrons. The van der Waals surface area contributed by atoms with E-state index >= 15 is 0 Å². The standard InChI is InChI=1S/C27H50N2O2/c1-21(2)30-26-11-10-23(17-26)18-29-15-12-24(19-29)16-22(3)31-27-9-5-4-8-25(27)20-28-13-6-7-14-28/h21-27H,4-20H2,1-3H3. The van der Waals surface area contributed by atoms with Crippen molar-refractivity contribution in [2.45, 2.75) is 116 Å². The number of rotatable bonds is 10. The topological polar surface area (TPSA) is 24.9 Å². The van der Waals surface area contributed by atoms with Crippen LogP contribution in [-0.4, -0.2) is 73.5 Å². The molecule has 4 rings (SSSR count). The zero-order valence-corrected chi connectivity index (χ0v) is 20.8. The maximum atomic E-state index is 6.73. The highest BCUT2D eigenvalue weighted by Crippen LogP contribution is 2.33. The van der Waals surface area contributed by atoms with Crippen LogP contribution >= 0.6 is 0 Å². The summed E-state index contributed by atoms with van der Waals surface area (Å²) in [6, 6.07) is 0. The zero-order valence-electron chi connectivity index (χ0n) is 20.8. The van der Waals surface area contributed by atoms with Crippen molar-refractivity contribution in [3.8, 4) is 0 Å². The molecular weight excluding hydrogens is 384 g/mol. The molecule has 31 heavy (non-hydrogen) atoms. The van der Waals surface area contributed by atoms with Gasteiger partial charge in [0, 0.05) is 19.6 Å². The highest BCUT2D eigenvalue weighted by atomic mass is 16.5. The summed E-state index contributed by atoms with van der Waals surface area (Å²) in [6.07, 6.45) is 16.6. The smallest absolute Gasteiger partial charge is 0.0619 e. The second-order valence-corrected chi connectivity index (χ2v) is 11.7. The molecule has 0 spiro atoms. The van der Waals surface area contributed by atoms with Crippen molar-refractivity contribution in [2.24, 2.45) is 17.8 Å². The zero-order chi connectivity index (χ0) is 21.6. The molecule has 2 saturated carbocycles. The van der Waals surface area contributed by atoms with Gasteiger partial charge in [-0.25, -0.2) is 0 Å². The molecule has 4 nitrogen and oxygen atoms in total. The van der Waals surface area contributed by atoms with E-state index in [4.69, 9.17) is 9.47 Å². The summed E-state index contributed by atoms with van der Waals surface area (Å²) in [5, 5.41) is 0. The molecule has 0 aromatic heterocycles. The number of likely N-dealkylation sites (tertiary alicyclic amines) is 2. The summed E-state index contributed by atoms with van der Waals surface area (Å²) in [5.74, 6) is 2.46. The van der Waals surface area contributed by atoms with Crippen molar-refractivity contribution in [3.63, 3.8) is 0 Å². The van der Waals surface area contributed by atoms with E-state index in [1.165, 1.54) is 110 Å². The van der Waals surface area contributed by atoms with Crippen LogP contribution in [0.1, 0.15) is 91.4 Å². The largest absolute Gasteiger partial charge is 0.376 e. The van der Waals surface area contributed by atoms with Crippen LogP contribution in [0.3, 0.4) is 0 Å². The van der Waals surface area contributed by atoms with Crippen LogP contribution in [0.2, 0.25) is 0 Å². The van der Waals surface area contributed by atoms with Crippen molar-refractivity contribution in [3.05, 3.63) is 0 Å². The number of hydrogen-bond donors (Lipinski definition) is 0. The first kappa shape index (κ1) is 24.0. The summed E-state index contributed by atoms with van der Waals surface area (Å²) in [5.41, 5.74) is 0. The van der Waals surface area contributed by atoms with Crippen LogP contribution in [0.25, 0.3) is 0 Å². The lowest BCUT2D eigenvalue weighted by molar-refractivity contribution is -0.0655. The van der Waals surface area contributed by atoms with Gasteiger partial charge in [0.15, 0.2) is 0 Å². The molecule has 0 bridgehead atoms. The Bertz CT molecular complexity index is 521. The minimum absolute atomic E-state index is 0.375. The van der Waals surface area contributed by atoms with Gasteiger partial charge in [0.2, 0.25) is 0 Å². The molecule has 0 aromatic rings. The molecule has 0 amide bonds. The van der Waals surface area contributed by atoms with Crippen LogP contribution < -0.4 is 0 Å². The van der Waals surface area contributed by atoms with E-state index in [1.807, 2.05) is 0 Å². The molecule has 4 heteroatoms. The van der Waals surface area contributed by atoms with Gasteiger partial charge in [-0.15, -0.1) is 0 Å². The fourth-order valence-electron chi connectivity index (χ4n) is 7.02. The molecule has 0 aromatic carbocycles. The number of nitrogens with zero attached hydrogens (tertiary/aromatic N) is 2. The van der Waals surface area contributed by atoms with E-state index in [0.29, 0.717) is 24.4 Å². The number of ether oxygens (including phenoxy) is 2. The summed E-state index contributed by atoms with van der Waals surface area (Å²) in [6.45, 7) is 14.5. The summed E-state index contributed by atoms with van der Waals surface area (Å²) in [7, 11) is 0. The normalized spacial score (nSPS) is 36.6. The van der Waals surface area contributed by atoms with Gasteiger partial charge >= 0.3 is 0 Å². The van der Waals surface area contributed by atoms with Gasteiger partial charge in [-0.3, -0.25) is 0 Å². The quantitative estimate of drug-likeness (QED) is 0.463. The van der Waals surface area contributed by atoms with E-state index in [9.17, 15) is 0 Å². The Balaban J connectivity index is 1.16. The second-order valence-electron chi connectivity index (χ2n) is 11.7. The Morgan fingerprint density at radius 1 is 0.742 bits per heavy atom. The van der Waals surface area contributed by atoms with Gasteiger partial charge in [0.05, 0.1) is 24.4 Å². The Labute approximate surface area is 192 Å². The molecule has 4 fully saturated rings. The summed E-state index contributed by atoms with van der Waals surface area (Å²) in [4.78, 5) is 5.45. The van der Waals surface area contributed by atoms with Gasteiger partial charge in [0.25, 0.3) is 0 Å². The minimum Gasteiger partial charge on any atom is -0.376 e. The monoisotopic (exact) mass is 434 g/mol. The average molecular weight is 435 g/mol. The van der Waals surface area contributed by atoms with Gasteiger partial charge in [-0.2, -0.15) is 0 Å². The Hall–Kier alpha value is -0.160. The van der Waals surface area contributed by atoms with Crippen molar-refractivity contribution < 1.29 is 9.47 Å². The first-order valence-electron chi connectivity index (χ1n) is 13.8. The van der Waals surface area contributed by atoms with E-state index < -0.39 is 0 Å². The van der Waals surface area contributed by atoms with Crippen LogP contribution in [0.15, 0.2) is 0 Å². The summed E-state index contributed by atoms with van der Waals surface area (Å²) < 4.78 is 12.8. The van der Waals surface area contributed by atoms with E-state index in [-0.39, 0.29) is 0 Å². The molecule has 6 atom stereocenters. The predicted octanol–water partition coefficient (Wildman–Crippen LogP) is 5.35. The van der Waals surface area contributed by atoms with E-state index in [2.05, 4.69) is 30.6 Å². The molecule has 6 unspecified atom stereocenters. The van der Waals surface area contributed by atoms with Crippen molar-refractivity contribution >= 4 is 0 Å². The SMILES string of the molecule is CC(C)OC1CCC(CN2CCC(CC(C)OC3CCCCC3CN3CCCC3)C2)C1. The molecule has 0 N–H and O–H groups in total. The van der Waals surface area contributed by atoms with E-state index in [1.54, 1.807) is 0 Å². The van der Waals surface area contributed by atoms with Gasteiger partial charge in [-0.1, -0.05) is 12.8 Å². The Morgan fingerprint density at radius 3 is 2.35 bits per heavy atom. The van der Waals surface area contributed by atoms with E-state index in [0.717, 1.165) is 17.8 Å². The molecule has 4 aliphatic rings. The third-order valence-corrected chi connectivity index (χ3v) is 8.45. The maximum absolute atomic E-state index is 6.73. The van der Waals surface area contributed by atoms with Crippen molar-refractivity contribution in [1.82, 2.24) is 9.80 Å². The summed E-state index contributed by atoms with van der Waals surface area (Å²) >= 11 is 0. The lowest BCUT2D eigenvalue weighted by Crippen LogP contribution is -2.39. The third-order valence-electron chi connectivity index (χ3n) is 8.45. The first-order valence-corrected chi connectivity index (χ1v) is 13.8. The highest BCUT2D eigenvalue weighted by molar-refractivity contribution is 4.85. The fourth-order valence-corrected chi connectivity index (χ4v) is 7.02. The lowest BCUT2D eigenvalue weighted by Gasteiger charge is -2.36. The molecule has 2 aliphatic carbocycles. The van der Waals surface area contributed by atoms with Crippen molar-refractivity contribution in [1.29, 1.82) is 0 Å². The Morgan fingerprint density at radius 2 is 1.55 bits per heavy atom. The van der Waals surface area contributed by atoms with Crippen LogP contribution in [0.4, 0.5) is 0 Å². The molecule has 0 radical (unpaired) electrons. The van der Waals surface area contributed by atoms with Gasteiger partial charge < -0.3 is 19.3 Å². The molecule has 2 heterocycles. The van der Waals surface area contributed by atoms with Crippen LogP contribution in [-0.2, 0) is 9.47 Å². The molecule has 2 saturated heterocycles. The molecule has 2 aliphatic heterocycles. The van der Waals surface area contributed by atoms with Gasteiger partial charge in [-0.05, 0) is 116 Å². The van der Waals surface area contributed by atoms with Gasteiger partial charge in [0.1, 0.15) is 0 Å². The Kier molecular flexibility index (Phi) is 9.14. The maximum Gasteiger partial charge on any atom is 0.0619 e. The lowest BCUT2D eigenvalue weighted by atomic mass is 9.85. The first-order chi connectivity index (χ1) is 15.0. The van der Waals surface area contributed by atoms with Crippen LogP contribution in [0, 0.1) is 17.8 Å². The predicted molar refractivity (Wildman–Crippen MR) is 128 cm³/mol. The van der Waals surface area contributed by atoms with Crippen LogP contribution in [0.5, 0.6) is 0 Å². The average Bonchev–Trinajstić information content (AvgIpc) is 3.47. The molecular formula is C27H50N2O2. The third kappa shape index (κ3) is 7.42. The fraction of sp³-hybridized carbons (Fsp3) is 1.00. The highest BCUT2D eigenvalue weighted by Gasteiger charge is 2.33. The second kappa shape index (κ2) is 11.8. The number of hydrogen-bond acceptors (Lipinski definition) is 4. The minimum atomic E-state index is 0.375.